The van der Waals surface area contributed by atoms with Gasteiger partial charge in [-0.3, -0.25) is 13.9 Å². The minimum Gasteiger partial charge on any atom is -0.465 e. The van der Waals surface area contributed by atoms with E-state index >= 15 is 0 Å². The number of carboxylic acid groups (broad SMARTS) is 1. The molecule has 0 aliphatic carbocycles. The molecule has 3 aromatic rings. The van der Waals surface area contributed by atoms with E-state index in [1.165, 1.54) is 18.7 Å². The highest BCUT2D eigenvalue weighted by Gasteiger charge is 2.31. The first-order valence-corrected chi connectivity index (χ1v) is 10.8. The van der Waals surface area contributed by atoms with Gasteiger partial charge in [-0.1, -0.05) is 29.8 Å². The number of aromatic nitrogens is 3. The van der Waals surface area contributed by atoms with Gasteiger partial charge in [0.25, 0.3) is 5.56 Å². The second-order valence-corrected chi connectivity index (χ2v) is 8.53. The molecule has 1 fully saturated rings. The molecule has 172 valence electrons. The van der Waals surface area contributed by atoms with Gasteiger partial charge >= 0.3 is 11.8 Å². The van der Waals surface area contributed by atoms with Crippen molar-refractivity contribution < 1.29 is 9.90 Å². The summed E-state index contributed by atoms with van der Waals surface area (Å²) in [4.78, 5) is 39.0. The second kappa shape index (κ2) is 8.67. The lowest BCUT2D eigenvalue weighted by Crippen LogP contribution is -2.48. The van der Waals surface area contributed by atoms with E-state index in [-0.39, 0.29) is 29.2 Å². The molecule has 0 saturated carbocycles. The number of fused-ring (bicyclic) bond motifs is 1. The lowest BCUT2D eigenvalue weighted by Gasteiger charge is -2.35. The molecule has 33 heavy (non-hydrogen) atoms. The maximum atomic E-state index is 13.2. The van der Waals surface area contributed by atoms with E-state index in [9.17, 15) is 19.6 Å². The number of halogens is 1. The SMILES string of the molecule is Cn1c(=O)c2c(c(C#N)c(N3CCC[C@@H](NC(=O)O)C3)n2Cc2ccccc2Cl)n(C)c1=O. The highest BCUT2D eigenvalue weighted by molar-refractivity contribution is 6.31. The number of anilines is 1. The first kappa shape index (κ1) is 22.5. The van der Waals surface area contributed by atoms with Crippen molar-refractivity contribution in [2.75, 3.05) is 18.0 Å². The summed E-state index contributed by atoms with van der Waals surface area (Å²) < 4.78 is 4.04. The highest BCUT2D eigenvalue weighted by atomic mass is 35.5. The van der Waals surface area contributed by atoms with Crippen LogP contribution in [0.1, 0.15) is 24.0 Å². The highest BCUT2D eigenvalue weighted by Crippen LogP contribution is 2.33. The fraction of sp³-hybridized carbons (Fsp3) is 0.364. The van der Waals surface area contributed by atoms with E-state index in [1.807, 2.05) is 17.0 Å². The Labute approximate surface area is 193 Å². The molecule has 0 unspecified atom stereocenters. The fourth-order valence-electron chi connectivity index (χ4n) is 4.55. The molecule has 3 heterocycles. The molecular weight excluding hydrogens is 448 g/mol. The number of hydrogen-bond acceptors (Lipinski definition) is 5. The monoisotopic (exact) mass is 470 g/mol. The van der Waals surface area contributed by atoms with Crippen LogP contribution in [0.3, 0.4) is 0 Å². The van der Waals surface area contributed by atoms with Crippen LogP contribution in [0.25, 0.3) is 11.0 Å². The van der Waals surface area contributed by atoms with Crippen molar-refractivity contribution in [3.8, 4) is 6.07 Å². The van der Waals surface area contributed by atoms with Gasteiger partial charge in [-0.25, -0.2) is 9.59 Å². The zero-order chi connectivity index (χ0) is 23.9. The van der Waals surface area contributed by atoms with Gasteiger partial charge in [0.15, 0.2) is 0 Å². The van der Waals surface area contributed by atoms with E-state index in [4.69, 9.17) is 16.7 Å². The summed E-state index contributed by atoms with van der Waals surface area (Å²) >= 11 is 6.41. The molecule has 4 rings (SSSR count). The van der Waals surface area contributed by atoms with E-state index in [2.05, 4.69) is 11.4 Å². The Morgan fingerprint density at radius 3 is 2.64 bits per heavy atom. The molecule has 1 aromatic carbocycles. The van der Waals surface area contributed by atoms with Gasteiger partial charge in [0, 0.05) is 38.2 Å². The summed E-state index contributed by atoms with van der Waals surface area (Å²) in [7, 11) is 2.93. The normalized spacial score (nSPS) is 16.1. The molecule has 0 spiro atoms. The number of nitrogens with zero attached hydrogens (tertiary/aromatic N) is 5. The molecule has 11 heteroatoms. The predicted octanol–water partition coefficient (Wildman–Crippen LogP) is 1.85. The van der Waals surface area contributed by atoms with Gasteiger partial charge in [-0.05, 0) is 24.5 Å². The van der Waals surface area contributed by atoms with Crippen LogP contribution in [0.15, 0.2) is 33.9 Å². The van der Waals surface area contributed by atoms with Crippen molar-refractivity contribution in [1.29, 1.82) is 5.26 Å². The standard InChI is InChI=1S/C22H23ClN6O4/c1-26-17-15(10-24)19(28-9-5-7-14(12-28)25-21(31)32)29(11-13-6-3-4-8-16(13)23)18(17)20(30)27(2)22(26)33/h3-4,6,8,14,25H,5,7,9,11-12H2,1-2H3,(H,31,32)/t14-/m1/s1. The Bertz CT molecular complexity index is 1410. The van der Waals surface area contributed by atoms with Crippen molar-refractivity contribution in [3.63, 3.8) is 0 Å². The van der Waals surface area contributed by atoms with E-state index in [0.717, 1.165) is 10.1 Å². The Morgan fingerprint density at radius 1 is 1.24 bits per heavy atom. The maximum absolute atomic E-state index is 13.2. The van der Waals surface area contributed by atoms with Gasteiger partial charge in [0.1, 0.15) is 23.0 Å². The van der Waals surface area contributed by atoms with E-state index in [0.29, 0.717) is 36.8 Å². The summed E-state index contributed by atoms with van der Waals surface area (Å²) in [6, 6.07) is 9.07. The Morgan fingerprint density at radius 2 is 1.97 bits per heavy atom. The fourth-order valence-corrected chi connectivity index (χ4v) is 4.74. The minimum atomic E-state index is -1.12. The number of carbonyl (C=O) groups is 1. The van der Waals surface area contributed by atoms with Gasteiger partial charge in [0.2, 0.25) is 0 Å². The quantitative estimate of drug-likeness (QED) is 0.599. The molecular formula is C22H23ClN6O4. The number of amides is 1. The Kier molecular flexibility index (Phi) is 5.91. The van der Waals surface area contributed by atoms with Crippen LogP contribution in [-0.2, 0) is 20.6 Å². The number of aryl methyl sites for hydroxylation is 1. The maximum Gasteiger partial charge on any atom is 0.404 e. The third-order valence-corrected chi connectivity index (χ3v) is 6.44. The van der Waals surface area contributed by atoms with Gasteiger partial charge in [0.05, 0.1) is 12.1 Å². The number of benzene rings is 1. The third-order valence-electron chi connectivity index (χ3n) is 6.07. The topological polar surface area (TPSA) is 125 Å². The van der Waals surface area contributed by atoms with Crippen molar-refractivity contribution in [2.24, 2.45) is 14.1 Å². The molecule has 1 aliphatic rings. The zero-order valence-electron chi connectivity index (χ0n) is 18.2. The number of nitrogens with one attached hydrogen (secondary N) is 1. The van der Waals surface area contributed by atoms with Gasteiger partial charge in [-0.2, -0.15) is 5.26 Å². The Hall–Kier alpha value is -3.71. The van der Waals surface area contributed by atoms with Crippen LogP contribution in [0.5, 0.6) is 0 Å². The van der Waals surface area contributed by atoms with Crippen LogP contribution in [0.4, 0.5) is 10.6 Å². The number of hydrogen-bond donors (Lipinski definition) is 2. The molecule has 0 bridgehead atoms. The number of nitriles is 1. The molecule has 2 aromatic heterocycles. The largest absolute Gasteiger partial charge is 0.465 e. The van der Waals surface area contributed by atoms with Crippen LogP contribution >= 0.6 is 11.6 Å². The summed E-state index contributed by atoms with van der Waals surface area (Å²) in [5, 5.41) is 22.3. The smallest absolute Gasteiger partial charge is 0.404 e. The molecule has 0 radical (unpaired) electrons. The zero-order valence-corrected chi connectivity index (χ0v) is 19.0. The van der Waals surface area contributed by atoms with Gasteiger partial charge < -0.3 is 19.9 Å². The third kappa shape index (κ3) is 3.85. The van der Waals surface area contributed by atoms with E-state index in [1.54, 1.807) is 16.7 Å². The minimum absolute atomic E-state index is 0.199. The predicted molar refractivity (Wildman–Crippen MR) is 124 cm³/mol. The molecule has 1 aliphatic heterocycles. The lowest BCUT2D eigenvalue weighted by atomic mass is 10.1. The van der Waals surface area contributed by atoms with Crippen molar-refractivity contribution in [2.45, 2.75) is 25.4 Å². The van der Waals surface area contributed by atoms with Crippen LogP contribution in [0, 0.1) is 11.3 Å². The summed E-state index contributed by atoms with van der Waals surface area (Å²) in [5.74, 6) is 0.475. The van der Waals surface area contributed by atoms with Crippen molar-refractivity contribution >= 4 is 34.5 Å². The molecule has 2 N–H and O–H groups in total. The first-order chi connectivity index (χ1) is 15.7. The van der Waals surface area contributed by atoms with Crippen LogP contribution < -0.4 is 21.5 Å². The summed E-state index contributed by atoms with van der Waals surface area (Å²) in [6.45, 7) is 1.10. The van der Waals surface area contributed by atoms with Crippen molar-refractivity contribution in [3.05, 3.63) is 61.3 Å². The van der Waals surface area contributed by atoms with Crippen LogP contribution in [0.2, 0.25) is 5.02 Å². The molecule has 1 amide bonds. The second-order valence-electron chi connectivity index (χ2n) is 8.13. The number of piperidine rings is 1. The lowest BCUT2D eigenvalue weighted by molar-refractivity contribution is 0.188. The average molecular weight is 471 g/mol. The molecule has 10 nitrogen and oxygen atoms in total. The molecule has 1 atom stereocenters. The van der Waals surface area contributed by atoms with E-state index < -0.39 is 17.3 Å². The Balaban J connectivity index is 2.01. The van der Waals surface area contributed by atoms with Crippen molar-refractivity contribution in [1.82, 2.24) is 19.0 Å². The summed E-state index contributed by atoms with van der Waals surface area (Å²) in [5.41, 5.74) is 0.371. The number of rotatable bonds is 4. The first-order valence-electron chi connectivity index (χ1n) is 10.4. The van der Waals surface area contributed by atoms with Gasteiger partial charge in [-0.15, -0.1) is 0 Å². The average Bonchev–Trinajstić information content (AvgIpc) is 3.11. The molecule has 1 saturated heterocycles. The van der Waals surface area contributed by atoms with Crippen LogP contribution in [-0.4, -0.2) is 44.0 Å². The summed E-state index contributed by atoms with van der Waals surface area (Å²) in [6.07, 6.45) is 0.242.